The number of nitrogens with zero attached hydrogens (tertiary/aromatic N) is 1. The van der Waals surface area contributed by atoms with Crippen LogP contribution in [0.5, 0.6) is 0 Å². The quantitative estimate of drug-likeness (QED) is 0.904. The van der Waals surface area contributed by atoms with Gasteiger partial charge in [0.05, 0.1) is 13.2 Å². The Labute approximate surface area is 125 Å². The van der Waals surface area contributed by atoms with Crippen molar-refractivity contribution in [2.24, 2.45) is 0 Å². The number of ether oxygens (including phenoxy) is 1. The van der Waals surface area contributed by atoms with Crippen molar-refractivity contribution in [1.29, 1.82) is 0 Å². The van der Waals surface area contributed by atoms with Crippen molar-refractivity contribution in [3.05, 3.63) is 35.4 Å². The van der Waals surface area contributed by atoms with E-state index in [2.05, 4.69) is 24.1 Å². The Bertz CT molecular complexity index is 453. The van der Waals surface area contributed by atoms with Gasteiger partial charge in [-0.2, -0.15) is 0 Å². The highest BCUT2D eigenvalue weighted by Crippen LogP contribution is 2.19. The summed E-state index contributed by atoms with van der Waals surface area (Å²) in [5, 5.41) is 3.38. The summed E-state index contributed by atoms with van der Waals surface area (Å²) in [6.45, 7) is 10.3. The Morgan fingerprint density at radius 2 is 1.76 bits per heavy atom. The Kier molecular flexibility index (Phi) is 5.30. The monoisotopic (exact) mass is 298 g/mol. The largest absolute Gasteiger partial charge is 0.379 e. The molecule has 0 spiro atoms. The first-order chi connectivity index (χ1) is 9.88. The number of hydrogen-bond acceptors (Lipinski definition) is 3. The molecule has 0 amide bonds. The van der Waals surface area contributed by atoms with E-state index in [1.165, 1.54) is 12.1 Å². The summed E-state index contributed by atoms with van der Waals surface area (Å²) in [5.74, 6) is -1.07. The first-order valence-electron chi connectivity index (χ1n) is 7.41. The highest BCUT2D eigenvalue weighted by Gasteiger charge is 2.28. The third-order valence-electron chi connectivity index (χ3n) is 4.09. The average molecular weight is 298 g/mol. The van der Waals surface area contributed by atoms with Crippen molar-refractivity contribution < 1.29 is 13.5 Å². The van der Waals surface area contributed by atoms with Crippen LogP contribution in [0.25, 0.3) is 0 Å². The van der Waals surface area contributed by atoms with Crippen LogP contribution >= 0.6 is 0 Å². The molecule has 0 bridgehead atoms. The minimum absolute atomic E-state index is 0.0239. The topological polar surface area (TPSA) is 24.5 Å². The zero-order chi connectivity index (χ0) is 15.5. The van der Waals surface area contributed by atoms with Crippen LogP contribution in [0.3, 0.4) is 0 Å². The lowest BCUT2D eigenvalue weighted by Crippen LogP contribution is -2.54. The number of morpholine rings is 1. The van der Waals surface area contributed by atoms with Crippen molar-refractivity contribution >= 4 is 0 Å². The molecule has 1 aromatic carbocycles. The number of rotatable bonds is 5. The van der Waals surface area contributed by atoms with Gasteiger partial charge in [0.15, 0.2) is 0 Å². The van der Waals surface area contributed by atoms with E-state index in [1.54, 1.807) is 0 Å². The third kappa shape index (κ3) is 4.46. The molecule has 5 heteroatoms. The van der Waals surface area contributed by atoms with Crippen LogP contribution < -0.4 is 5.32 Å². The third-order valence-corrected chi connectivity index (χ3v) is 4.09. The van der Waals surface area contributed by atoms with Gasteiger partial charge in [-0.1, -0.05) is 0 Å². The molecule has 1 unspecified atom stereocenters. The Balaban J connectivity index is 1.94. The minimum Gasteiger partial charge on any atom is -0.379 e. The summed E-state index contributed by atoms with van der Waals surface area (Å²) in [5.41, 5.74) is 0.606. The van der Waals surface area contributed by atoms with E-state index in [1.807, 2.05) is 6.92 Å². The van der Waals surface area contributed by atoms with Crippen LogP contribution in [-0.2, 0) is 4.74 Å². The van der Waals surface area contributed by atoms with Crippen molar-refractivity contribution in [2.75, 3.05) is 32.8 Å². The molecule has 21 heavy (non-hydrogen) atoms. The standard InChI is InChI=1S/C16H24F2N2O/c1-12(13-8-14(17)10-15(18)9-13)19-11-16(2,3)20-4-6-21-7-5-20/h8-10,12,19H,4-7,11H2,1-3H3. The first kappa shape index (κ1) is 16.3. The molecule has 1 aliphatic heterocycles. The molecule has 0 saturated carbocycles. The molecule has 1 aliphatic rings. The highest BCUT2D eigenvalue weighted by atomic mass is 19.1. The lowest BCUT2D eigenvalue weighted by molar-refractivity contribution is -0.0102. The van der Waals surface area contributed by atoms with Crippen LogP contribution in [0, 0.1) is 11.6 Å². The second kappa shape index (κ2) is 6.81. The Morgan fingerprint density at radius 1 is 1.19 bits per heavy atom. The molecule has 1 N–H and O–H groups in total. The zero-order valence-corrected chi connectivity index (χ0v) is 13.0. The van der Waals surface area contributed by atoms with Gasteiger partial charge >= 0.3 is 0 Å². The maximum Gasteiger partial charge on any atom is 0.126 e. The summed E-state index contributed by atoms with van der Waals surface area (Å²) in [7, 11) is 0. The molecule has 3 nitrogen and oxygen atoms in total. The van der Waals surface area contributed by atoms with E-state index >= 15 is 0 Å². The van der Waals surface area contributed by atoms with E-state index in [9.17, 15) is 8.78 Å². The SMILES string of the molecule is CC(NCC(C)(C)N1CCOCC1)c1cc(F)cc(F)c1. The van der Waals surface area contributed by atoms with E-state index in [0.29, 0.717) is 5.56 Å². The summed E-state index contributed by atoms with van der Waals surface area (Å²) < 4.78 is 31.9. The maximum atomic E-state index is 13.3. The molecule has 0 radical (unpaired) electrons. The van der Waals surface area contributed by atoms with Gasteiger partial charge in [-0.3, -0.25) is 4.90 Å². The Hall–Kier alpha value is -1.04. The lowest BCUT2D eigenvalue weighted by atomic mass is 10.0. The number of nitrogens with one attached hydrogen (secondary N) is 1. The van der Waals surface area contributed by atoms with Gasteiger partial charge in [0, 0.05) is 37.3 Å². The zero-order valence-electron chi connectivity index (χ0n) is 13.0. The molecule has 118 valence electrons. The van der Waals surface area contributed by atoms with Crippen LogP contribution in [0.2, 0.25) is 0 Å². The van der Waals surface area contributed by atoms with Gasteiger partial charge < -0.3 is 10.1 Å². The summed E-state index contributed by atoms with van der Waals surface area (Å²) in [6.07, 6.45) is 0. The molecule has 0 aliphatic carbocycles. The van der Waals surface area contributed by atoms with Crippen molar-refractivity contribution in [2.45, 2.75) is 32.4 Å². The van der Waals surface area contributed by atoms with E-state index in [0.717, 1.165) is 38.9 Å². The molecule has 1 aromatic rings. The van der Waals surface area contributed by atoms with Crippen LogP contribution in [0.1, 0.15) is 32.4 Å². The predicted molar refractivity (Wildman–Crippen MR) is 79.2 cm³/mol. The fourth-order valence-electron chi connectivity index (χ4n) is 2.63. The Morgan fingerprint density at radius 3 is 2.33 bits per heavy atom. The predicted octanol–water partition coefficient (Wildman–Crippen LogP) is 2.73. The van der Waals surface area contributed by atoms with Crippen LogP contribution in [-0.4, -0.2) is 43.3 Å². The van der Waals surface area contributed by atoms with E-state index in [4.69, 9.17) is 4.74 Å². The van der Waals surface area contributed by atoms with Gasteiger partial charge in [-0.15, -0.1) is 0 Å². The van der Waals surface area contributed by atoms with Gasteiger partial charge in [-0.25, -0.2) is 8.78 Å². The number of hydrogen-bond donors (Lipinski definition) is 1. The van der Waals surface area contributed by atoms with Crippen LogP contribution in [0.15, 0.2) is 18.2 Å². The van der Waals surface area contributed by atoms with Crippen LogP contribution in [0.4, 0.5) is 8.78 Å². The smallest absolute Gasteiger partial charge is 0.126 e. The van der Waals surface area contributed by atoms with Gasteiger partial charge in [-0.05, 0) is 38.5 Å². The maximum absolute atomic E-state index is 13.3. The van der Waals surface area contributed by atoms with E-state index < -0.39 is 11.6 Å². The minimum atomic E-state index is -0.536. The highest BCUT2D eigenvalue weighted by molar-refractivity contribution is 5.21. The molecule has 0 aromatic heterocycles. The molecule has 1 atom stereocenters. The van der Waals surface area contributed by atoms with Crippen molar-refractivity contribution in [1.82, 2.24) is 10.2 Å². The van der Waals surface area contributed by atoms with Gasteiger partial charge in [0.1, 0.15) is 11.6 Å². The molecular weight excluding hydrogens is 274 g/mol. The lowest BCUT2D eigenvalue weighted by Gasteiger charge is -2.41. The van der Waals surface area contributed by atoms with Crippen molar-refractivity contribution in [3.8, 4) is 0 Å². The normalized spacial score (nSPS) is 18.7. The summed E-state index contributed by atoms with van der Waals surface area (Å²) in [4.78, 5) is 2.38. The molecule has 2 rings (SSSR count). The molecule has 1 fully saturated rings. The summed E-state index contributed by atoms with van der Waals surface area (Å²) in [6, 6.07) is 3.55. The second-order valence-corrected chi connectivity index (χ2v) is 6.22. The molecule has 1 heterocycles. The fourth-order valence-corrected chi connectivity index (χ4v) is 2.63. The second-order valence-electron chi connectivity index (χ2n) is 6.22. The first-order valence-corrected chi connectivity index (χ1v) is 7.41. The average Bonchev–Trinajstić information content (AvgIpc) is 2.45. The molecular formula is C16H24F2N2O. The summed E-state index contributed by atoms with van der Waals surface area (Å²) >= 11 is 0. The van der Waals surface area contributed by atoms with Crippen molar-refractivity contribution in [3.63, 3.8) is 0 Å². The van der Waals surface area contributed by atoms with Gasteiger partial charge in [0.2, 0.25) is 0 Å². The van der Waals surface area contributed by atoms with Gasteiger partial charge in [0.25, 0.3) is 0 Å². The fraction of sp³-hybridized carbons (Fsp3) is 0.625. The van der Waals surface area contributed by atoms with E-state index in [-0.39, 0.29) is 11.6 Å². The number of benzene rings is 1. The number of halogens is 2. The molecule has 1 saturated heterocycles.